The van der Waals surface area contributed by atoms with Crippen LogP contribution in [0.25, 0.3) is 17.8 Å². The third kappa shape index (κ3) is 4.68. The summed E-state index contributed by atoms with van der Waals surface area (Å²) in [6, 6.07) is 15.7. The molecule has 35 heavy (non-hydrogen) atoms. The molecule has 2 amide bonds. The van der Waals surface area contributed by atoms with Gasteiger partial charge in [0.05, 0.1) is 29.2 Å². The molecule has 2 fully saturated rings. The molecule has 1 N–H and O–H groups in total. The largest absolute Gasteiger partial charge is 0.441 e. The van der Waals surface area contributed by atoms with Crippen LogP contribution in [0, 0.1) is 13.8 Å². The van der Waals surface area contributed by atoms with E-state index in [1.54, 1.807) is 0 Å². The minimum atomic E-state index is -0.484. The molecule has 1 aromatic heterocycles. The van der Waals surface area contributed by atoms with Crippen LogP contribution >= 0.6 is 11.6 Å². The number of rotatable bonds is 4. The molecular formula is C27H27ClN4O3. The van der Waals surface area contributed by atoms with Gasteiger partial charge in [-0.25, -0.2) is 9.48 Å². The fraction of sp³-hybridized carbons (Fsp3) is 0.296. The van der Waals surface area contributed by atoms with E-state index >= 15 is 0 Å². The van der Waals surface area contributed by atoms with Crippen molar-refractivity contribution in [3.8, 4) is 5.69 Å². The molecule has 180 valence electrons. The number of carbonyl (C=O) groups is 2. The van der Waals surface area contributed by atoms with Crippen molar-refractivity contribution in [1.29, 1.82) is 0 Å². The van der Waals surface area contributed by atoms with E-state index in [2.05, 4.69) is 5.32 Å². The number of ether oxygens (including phenoxy) is 1. The van der Waals surface area contributed by atoms with Gasteiger partial charge in [0.25, 0.3) is 5.91 Å². The van der Waals surface area contributed by atoms with E-state index in [-0.39, 0.29) is 12.0 Å². The molecule has 2 aromatic carbocycles. The molecule has 2 saturated heterocycles. The van der Waals surface area contributed by atoms with Crippen LogP contribution in [0.15, 0.2) is 48.5 Å². The number of benzene rings is 2. The summed E-state index contributed by atoms with van der Waals surface area (Å²) in [5, 5.41) is 8.14. The SMILES string of the molecule is Cc1nn(-c2cccc(C=Cc3ccc(Cl)cc3)c2)c(C)c1C(=O)N1CCC2(CC1)CNC(=O)O2. The smallest absolute Gasteiger partial charge is 0.407 e. The van der Waals surface area contributed by atoms with Crippen molar-refractivity contribution in [2.45, 2.75) is 32.3 Å². The normalized spacial score (nSPS) is 17.1. The summed E-state index contributed by atoms with van der Waals surface area (Å²) in [4.78, 5) is 26.8. The standard InChI is InChI=1S/C27H27ClN4O3/c1-18-24(25(33)31-14-12-27(13-15-31)17-29-26(34)35-27)19(2)32(30-18)23-5-3-4-21(16-23)7-6-20-8-10-22(28)11-9-20/h3-11,16H,12-15,17H2,1-2H3,(H,29,34). The third-order valence-electron chi connectivity index (χ3n) is 6.78. The van der Waals surface area contributed by atoms with E-state index in [1.807, 2.05) is 84.1 Å². The van der Waals surface area contributed by atoms with Crippen molar-refractivity contribution in [2.75, 3.05) is 19.6 Å². The highest BCUT2D eigenvalue weighted by atomic mass is 35.5. The summed E-state index contributed by atoms with van der Waals surface area (Å²) in [5.41, 5.74) is 4.63. The van der Waals surface area contributed by atoms with Gasteiger partial charge in [0.1, 0.15) is 5.60 Å². The van der Waals surface area contributed by atoms with E-state index in [9.17, 15) is 9.59 Å². The average Bonchev–Trinajstić information content (AvgIpc) is 3.37. The van der Waals surface area contributed by atoms with Gasteiger partial charge >= 0.3 is 6.09 Å². The zero-order valence-corrected chi connectivity index (χ0v) is 20.5. The van der Waals surface area contributed by atoms with Gasteiger partial charge in [0.2, 0.25) is 0 Å². The van der Waals surface area contributed by atoms with Crippen molar-refractivity contribution in [3.63, 3.8) is 0 Å². The summed E-state index contributed by atoms with van der Waals surface area (Å²) in [6.45, 7) is 5.39. The van der Waals surface area contributed by atoms with Crippen LogP contribution in [0.5, 0.6) is 0 Å². The highest BCUT2D eigenvalue weighted by Gasteiger charge is 2.44. The molecule has 2 aliphatic heterocycles. The Morgan fingerprint density at radius 2 is 1.80 bits per heavy atom. The molecule has 0 aliphatic carbocycles. The predicted octanol–water partition coefficient (Wildman–Crippen LogP) is 5.03. The number of nitrogens with one attached hydrogen (secondary N) is 1. The van der Waals surface area contributed by atoms with Crippen LogP contribution < -0.4 is 5.32 Å². The van der Waals surface area contributed by atoms with Gasteiger partial charge in [-0.2, -0.15) is 5.10 Å². The quantitative estimate of drug-likeness (QED) is 0.520. The van der Waals surface area contributed by atoms with Crippen molar-refractivity contribution < 1.29 is 14.3 Å². The molecule has 1 spiro atoms. The Labute approximate surface area is 209 Å². The Morgan fingerprint density at radius 3 is 2.49 bits per heavy atom. The van der Waals surface area contributed by atoms with Gasteiger partial charge < -0.3 is 15.0 Å². The monoisotopic (exact) mass is 490 g/mol. The number of piperidine rings is 1. The van der Waals surface area contributed by atoms with Crippen molar-refractivity contribution in [3.05, 3.63) is 81.6 Å². The zero-order valence-electron chi connectivity index (χ0n) is 19.8. The molecule has 7 nitrogen and oxygen atoms in total. The highest BCUT2D eigenvalue weighted by molar-refractivity contribution is 6.30. The summed E-state index contributed by atoms with van der Waals surface area (Å²) in [6.07, 6.45) is 4.96. The van der Waals surface area contributed by atoms with E-state index in [1.165, 1.54) is 0 Å². The second-order valence-electron chi connectivity index (χ2n) is 9.16. The third-order valence-corrected chi connectivity index (χ3v) is 7.04. The number of alkyl carbamates (subject to hydrolysis) is 1. The lowest BCUT2D eigenvalue weighted by atomic mass is 9.91. The minimum Gasteiger partial charge on any atom is -0.441 e. The van der Waals surface area contributed by atoms with E-state index in [4.69, 9.17) is 21.4 Å². The van der Waals surface area contributed by atoms with Crippen molar-refractivity contribution in [2.24, 2.45) is 0 Å². The summed E-state index contributed by atoms with van der Waals surface area (Å²) >= 11 is 5.97. The second-order valence-corrected chi connectivity index (χ2v) is 9.59. The lowest BCUT2D eigenvalue weighted by Crippen LogP contribution is -2.48. The number of likely N-dealkylation sites (tertiary alicyclic amines) is 1. The highest BCUT2D eigenvalue weighted by Crippen LogP contribution is 2.31. The lowest BCUT2D eigenvalue weighted by Gasteiger charge is -2.37. The zero-order chi connectivity index (χ0) is 24.6. The fourth-order valence-electron chi connectivity index (χ4n) is 4.79. The van der Waals surface area contributed by atoms with Crippen LogP contribution in [-0.4, -0.2) is 51.9 Å². The number of amides is 2. The number of aryl methyl sites for hydroxylation is 1. The van der Waals surface area contributed by atoms with Crippen LogP contribution in [0.4, 0.5) is 4.79 Å². The molecule has 8 heteroatoms. The van der Waals surface area contributed by atoms with Crippen molar-refractivity contribution >= 4 is 35.8 Å². The Hall–Kier alpha value is -3.58. The van der Waals surface area contributed by atoms with Crippen LogP contribution in [0.3, 0.4) is 0 Å². The Kier molecular flexibility index (Phi) is 6.11. The average molecular weight is 491 g/mol. The van der Waals surface area contributed by atoms with E-state index in [0.29, 0.717) is 48.8 Å². The summed E-state index contributed by atoms with van der Waals surface area (Å²) in [7, 11) is 0. The Bertz CT molecular complexity index is 1300. The number of carbonyl (C=O) groups excluding carboxylic acids is 2. The topological polar surface area (TPSA) is 76.5 Å². The molecule has 0 saturated carbocycles. The van der Waals surface area contributed by atoms with Gasteiger partial charge in [0, 0.05) is 31.0 Å². The van der Waals surface area contributed by atoms with E-state index in [0.717, 1.165) is 22.5 Å². The maximum atomic E-state index is 13.4. The molecule has 3 aromatic rings. The molecule has 0 radical (unpaired) electrons. The first kappa shape index (κ1) is 23.2. The fourth-order valence-corrected chi connectivity index (χ4v) is 4.91. The first-order valence-corrected chi connectivity index (χ1v) is 12.1. The van der Waals surface area contributed by atoms with Gasteiger partial charge in [-0.05, 0) is 49.2 Å². The molecule has 5 rings (SSSR count). The molecule has 0 atom stereocenters. The number of nitrogens with zero attached hydrogens (tertiary/aromatic N) is 3. The second kappa shape index (κ2) is 9.23. The van der Waals surface area contributed by atoms with Crippen molar-refractivity contribution in [1.82, 2.24) is 20.0 Å². The number of aromatic nitrogens is 2. The van der Waals surface area contributed by atoms with Gasteiger partial charge in [0.15, 0.2) is 0 Å². The van der Waals surface area contributed by atoms with E-state index < -0.39 is 5.60 Å². The predicted molar refractivity (Wildman–Crippen MR) is 136 cm³/mol. The molecule has 0 unspecified atom stereocenters. The van der Waals surface area contributed by atoms with Crippen LogP contribution in [0.2, 0.25) is 5.02 Å². The number of hydrogen-bond donors (Lipinski definition) is 1. The maximum Gasteiger partial charge on any atom is 0.407 e. The Morgan fingerprint density at radius 1 is 1.09 bits per heavy atom. The molecule has 3 heterocycles. The molecule has 2 aliphatic rings. The van der Waals surface area contributed by atoms with Crippen LogP contribution in [-0.2, 0) is 4.74 Å². The molecular weight excluding hydrogens is 464 g/mol. The summed E-state index contributed by atoms with van der Waals surface area (Å²) < 4.78 is 7.31. The first-order valence-electron chi connectivity index (χ1n) is 11.7. The van der Waals surface area contributed by atoms with Gasteiger partial charge in [-0.1, -0.05) is 48.0 Å². The van der Waals surface area contributed by atoms with Gasteiger partial charge in [-0.3, -0.25) is 4.79 Å². The number of halogens is 1. The summed E-state index contributed by atoms with van der Waals surface area (Å²) in [5.74, 6) is -0.0304. The minimum absolute atomic E-state index is 0.0304. The lowest BCUT2D eigenvalue weighted by molar-refractivity contribution is 0.00328. The first-order chi connectivity index (χ1) is 16.8. The van der Waals surface area contributed by atoms with Gasteiger partial charge in [-0.15, -0.1) is 0 Å². The maximum absolute atomic E-state index is 13.4. The molecule has 0 bridgehead atoms. The Balaban J connectivity index is 1.34. The number of hydrogen-bond acceptors (Lipinski definition) is 4. The van der Waals surface area contributed by atoms with Crippen LogP contribution in [0.1, 0.15) is 45.7 Å².